The van der Waals surface area contributed by atoms with Gasteiger partial charge in [0.25, 0.3) is 0 Å². The molecule has 0 radical (unpaired) electrons. The van der Waals surface area contributed by atoms with Crippen molar-refractivity contribution in [1.29, 1.82) is 0 Å². The normalized spacial score (nSPS) is 10.2. The Morgan fingerprint density at radius 3 is 2.68 bits per heavy atom. The third-order valence-electron chi connectivity index (χ3n) is 3.44. The minimum atomic E-state index is -0.719. The fourth-order valence-corrected chi connectivity index (χ4v) is 2.17. The van der Waals surface area contributed by atoms with Crippen LogP contribution in [0.3, 0.4) is 0 Å². The number of esters is 1. The number of halogens is 1. The Morgan fingerprint density at radius 1 is 1.40 bits per heavy atom. The molecule has 2 aromatic rings. The summed E-state index contributed by atoms with van der Waals surface area (Å²) in [4.78, 5) is 27.5. The summed E-state index contributed by atoms with van der Waals surface area (Å²) < 4.78 is 18.5. The number of rotatable bonds is 6. The van der Waals surface area contributed by atoms with Crippen molar-refractivity contribution in [1.82, 2.24) is 4.98 Å². The van der Waals surface area contributed by atoms with E-state index in [1.54, 1.807) is 31.1 Å². The Balaban J connectivity index is 2.21. The van der Waals surface area contributed by atoms with Gasteiger partial charge in [0.15, 0.2) is 0 Å². The summed E-state index contributed by atoms with van der Waals surface area (Å²) in [5.74, 6) is -1.13. The third kappa shape index (κ3) is 4.19. The summed E-state index contributed by atoms with van der Waals surface area (Å²) in [6.07, 6.45) is 1.18. The van der Waals surface area contributed by atoms with Crippen LogP contribution >= 0.6 is 0 Å². The minimum absolute atomic E-state index is 0.0188. The van der Waals surface area contributed by atoms with E-state index in [-0.39, 0.29) is 23.6 Å². The Hall–Kier alpha value is -3.23. The summed E-state index contributed by atoms with van der Waals surface area (Å²) in [6, 6.07) is 5.75. The number of pyridine rings is 1. The molecule has 0 bridgehead atoms. The maximum absolute atomic E-state index is 14.0. The van der Waals surface area contributed by atoms with Gasteiger partial charge in [0.1, 0.15) is 5.82 Å². The first-order chi connectivity index (χ1) is 11.8. The van der Waals surface area contributed by atoms with Crippen molar-refractivity contribution in [2.24, 2.45) is 0 Å². The molecule has 9 heteroatoms. The van der Waals surface area contributed by atoms with Gasteiger partial charge < -0.3 is 15.0 Å². The lowest BCUT2D eigenvalue weighted by Crippen LogP contribution is -2.11. The van der Waals surface area contributed by atoms with Gasteiger partial charge in [0.05, 0.1) is 23.3 Å². The van der Waals surface area contributed by atoms with E-state index in [0.29, 0.717) is 11.3 Å². The van der Waals surface area contributed by atoms with E-state index in [0.717, 1.165) is 6.07 Å². The lowest BCUT2D eigenvalue weighted by Gasteiger charge is -2.14. The molecule has 0 aliphatic carbocycles. The van der Waals surface area contributed by atoms with Gasteiger partial charge >= 0.3 is 11.7 Å². The quantitative estimate of drug-likeness (QED) is 0.487. The van der Waals surface area contributed by atoms with E-state index in [1.807, 2.05) is 0 Å². The molecule has 8 nitrogen and oxygen atoms in total. The summed E-state index contributed by atoms with van der Waals surface area (Å²) in [7, 11) is 4.63. The van der Waals surface area contributed by atoms with Crippen molar-refractivity contribution in [2.75, 3.05) is 31.4 Å². The standard InChI is InChI=1S/C16H17FN4O4/c1-20(2)13-5-4-10(6-12(13)17)8-18-15-14(21(23)24)7-11(9-19-15)16(22)25-3/h4-7,9H,8H2,1-3H3,(H,18,19). The average Bonchev–Trinajstić information content (AvgIpc) is 2.58. The Morgan fingerprint density at radius 2 is 2.12 bits per heavy atom. The van der Waals surface area contributed by atoms with Gasteiger partial charge in [0.2, 0.25) is 5.82 Å². The van der Waals surface area contributed by atoms with Crippen molar-refractivity contribution >= 4 is 23.2 Å². The number of nitrogens with zero attached hydrogens (tertiary/aromatic N) is 3. The number of ether oxygens (including phenoxy) is 1. The van der Waals surface area contributed by atoms with E-state index in [4.69, 9.17) is 0 Å². The zero-order valence-corrected chi connectivity index (χ0v) is 13.9. The molecule has 0 fully saturated rings. The smallest absolute Gasteiger partial charge is 0.339 e. The fourth-order valence-electron chi connectivity index (χ4n) is 2.17. The lowest BCUT2D eigenvalue weighted by molar-refractivity contribution is -0.384. The second kappa shape index (κ2) is 7.56. The fraction of sp³-hybridized carbons (Fsp3) is 0.250. The summed E-state index contributed by atoms with van der Waals surface area (Å²) >= 11 is 0. The number of anilines is 2. The molecule has 0 aliphatic heterocycles. The molecule has 0 spiro atoms. The van der Waals surface area contributed by atoms with Gasteiger partial charge in [-0.15, -0.1) is 0 Å². The molecule has 132 valence electrons. The summed E-state index contributed by atoms with van der Waals surface area (Å²) in [5, 5.41) is 14.0. The molecule has 0 saturated heterocycles. The van der Waals surface area contributed by atoms with Gasteiger partial charge in [-0.2, -0.15) is 0 Å². The van der Waals surface area contributed by atoms with Crippen LogP contribution in [0.2, 0.25) is 0 Å². The minimum Gasteiger partial charge on any atom is -0.465 e. The average molecular weight is 348 g/mol. The van der Waals surface area contributed by atoms with Crippen molar-refractivity contribution in [3.8, 4) is 0 Å². The van der Waals surface area contributed by atoms with Crippen LogP contribution < -0.4 is 10.2 Å². The highest BCUT2D eigenvalue weighted by atomic mass is 19.1. The molecule has 2 rings (SSSR count). The Bertz CT molecular complexity index is 811. The first-order valence-electron chi connectivity index (χ1n) is 7.26. The predicted molar refractivity (Wildman–Crippen MR) is 90.3 cm³/mol. The van der Waals surface area contributed by atoms with E-state index >= 15 is 0 Å². The predicted octanol–water partition coefficient (Wildman–Crippen LogP) is 2.59. The zero-order chi connectivity index (χ0) is 18.6. The van der Waals surface area contributed by atoms with Crippen molar-refractivity contribution < 1.29 is 18.8 Å². The highest BCUT2D eigenvalue weighted by molar-refractivity contribution is 5.90. The molecule has 0 atom stereocenters. The molecule has 0 saturated carbocycles. The first kappa shape index (κ1) is 18.1. The number of nitrogens with one attached hydrogen (secondary N) is 1. The van der Waals surface area contributed by atoms with Crippen LogP contribution in [0.5, 0.6) is 0 Å². The monoisotopic (exact) mass is 348 g/mol. The highest BCUT2D eigenvalue weighted by Crippen LogP contribution is 2.24. The van der Waals surface area contributed by atoms with Crippen LogP contribution in [-0.2, 0) is 11.3 Å². The topological polar surface area (TPSA) is 97.6 Å². The summed E-state index contributed by atoms with van der Waals surface area (Å²) in [5.41, 5.74) is 0.640. The zero-order valence-electron chi connectivity index (χ0n) is 13.9. The van der Waals surface area contributed by atoms with Gasteiger partial charge in [-0.1, -0.05) is 6.07 Å². The van der Waals surface area contributed by atoms with E-state index in [9.17, 15) is 19.3 Å². The van der Waals surface area contributed by atoms with Crippen molar-refractivity contribution in [2.45, 2.75) is 6.54 Å². The van der Waals surface area contributed by atoms with Gasteiger partial charge in [-0.25, -0.2) is 14.2 Å². The van der Waals surface area contributed by atoms with Gasteiger partial charge in [-0.3, -0.25) is 10.1 Å². The van der Waals surface area contributed by atoms with Crippen molar-refractivity contribution in [3.63, 3.8) is 0 Å². The second-order valence-electron chi connectivity index (χ2n) is 5.37. The van der Waals surface area contributed by atoms with E-state index in [2.05, 4.69) is 15.0 Å². The Labute approximate surface area is 143 Å². The molecule has 1 heterocycles. The Kier molecular flexibility index (Phi) is 5.48. The number of benzene rings is 1. The largest absolute Gasteiger partial charge is 0.465 e. The van der Waals surface area contributed by atoms with E-state index < -0.39 is 16.7 Å². The van der Waals surface area contributed by atoms with Crippen LogP contribution in [0.25, 0.3) is 0 Å². The molecule has 0 amide bonds. The number of carbonyl (C=O) groups excluding carboxylic acids is 1. The highest BCUT2D eigenvalue weighted by Gasteiger charge is 2.19. The number of hydrogen-bond donors (Lipinski definition) is 1. The molecule has 25 heavy (non-hydrogen) atoms. The number of nitro groups is 1. The lowest BCUT2D eigenvalue weighted by atomic mass is 10.2. The molecule has 1 N–H and O–H groups in total. The second-order valence-corrected chi connectivity index (χ2v) is 5.37. The molecular weight excluding hydrogens is 331 g/mol. The number of carbonyl (C=O) groups is 1. The SMILES string of the molecule is COC(=O)c1cnc(NCc2ccc(N(C)C)c(F)c2)c([N+](=O)[O-])c1. The first-order valence-corrected chi connectivity index (χ1v) is 7.26. The number of methoxy groups -OCH3 is 1. The van der Waals surface area contributed by atoms with Crippen molar-refractivity contribution in [3.05, 3.63) is 57.5 Å². The number of aromatic nitrogens is 1. The molecule has 0 unspecified atom stereocenters. The van der Waals surface area contributed by atoms with E-state index in [1.165, 1.54) is 19.4 Å². The van der Waals surface area contributed by atoms with Crippen LogP contribution in [-0.4, -0.2) is 37.1 Å². The van der Waals surface area contributed by atoms with Crippen LogP contribution in [0.15, 0.2) is 30.5 Å². The van der Waals surface area contributed by atoms with Gasteiger partial charge in [-0.05, 0) is 17.7 Å². The maximum Gasteiger partial charge on any atom is 0.339 e. The maximum atomic E-state index is 14.0. The van der Waals surface area contributed by atoms with Gasteiger partial charge in [0, 0.05) is 32.9 Å². The van der Waals surface area contributed by atoms with Crippen LogP contribution in [0.4, 0.5) is 21.6 Å². The van der Waals surface area contributed by atoms with Crippen LogP contribution in [0.1, 0.15) is 15.9 Å². The molecule has 1 aromatic heterocycles. The molecular formula is C16H17FN4O4. The summed E-state index contributed by atoms with van der Waals surface area (Å²) in [6.45, 7) is 0.135. The van der Waals surface area contributed by atoms with Crippen LogP contribution in [0, 0.1) is 15.9 Å². The molecule has 1 aromatic carbocycles. The third-order valence-corrected chi connectivity index (χ3v) is 3.44. The number of hydrogen-bond acceptors (Lipinski definition) is 7. The molecule has 0 aliphatic rings.